The Balaban J connectivity index is 2.37. The molecule has 2 aromatic rings. The smallest absolute Gasteiger partial charge is 0.270 e. The number of nitrogens with zero attached hydrogens (tertiary/aromatic N) is 1. The van der Waals surface area contributed by atoms with Crippen LogP contribution in [0.5, 0.6) is 0 Å². The third-order valence-electron chi connectivity index (χ3n) is 3.43. The number of carbonyl (C=O) groups excluding carboxylic acids is 1. The molecule has 0 aliphatic rings. The van der Waals surface area contributed by atoms with E-state index < -0.39 is 0 Å². The number of nitrogen functional groups attached to an aromatic ring is 1. The molecule has 0 spiro atoms. The number of benzene rings is 1. The molecule has 0 radical (unpaired) electrons. The van der Waals surface area contributed by atoms with Gasteiger partial charge in [-0.2, -0.15) is 0 Å². The first-order valence-electron chi connectivity index (χ1n) is 6.86. The number of amides is 1. The highest BCUT2D eigenvalue weighted by atomic mass is 16.1. The van der Waals surface area contributed by atoms with Crippen molar-refractivity contribution in [1.82, 2.24) is 10.3 Å². The molecule has 0 bridgehead atoms. The van der Waals surface area contributed by atoms with Crippen LogP contribution < -0.4 is 16.6 Å². The number of hydrogen-bond acceptors (Lipinski definition) is 4. The zero-order chi connectivity index (χ0) is 14.5. The summed E-state index contributed by atoms with van der Waals surface area (Å²) >= 11 is 0. The zero-order valence-corrected chi connectivity index (χ0v) is 11.8. The molecule has 1 aromatic heterocycles. The van der Waals surface area contributed by atoms with E-state index in [1.807, 2.05) is 24.3 Å². The Morgan fingerprint density at radius 1 is 1.30 bits per heavy atom. The second-order valence-electron chi connectivity index (χ2n) is 4.71. The van der Waals surface area contributed by atoms with Crippen molar-refractivity contribution < 1.29 is 4.79 Å². The van der Waals surface area contributed by atoms with Crippen LogP contribution in [0.2, 0.25) is 0 Å². The summed E-state index contributed by atoms with van der Waals surface area (Å²) in [6, 6.07) is 9.64. The average Bonchev–Trinajstić information content (AvgIpc) is 2.51. The van der Waals surface area contributed by atoms with E-state index >= 15 is 0 Å². The van der Waals surface area contributed by atoms with E-state index in [1.54, 1.807) is 6.07 Å². The van der Waals surface area contributed by atoms with Gasteiger partial charge in [-0.3, -0.25) is 4.79 Å². The summed E-state index contributed by atoms with van der Waals surface area (Å²) in [6.07, 6.45) is 1.80. The van der Waals surface area contributed by atoms with Crippen LogP contribution in [0.4, 0.5) is 5.82 Å². The van der Waals surface area contributed by atoms with Gasteiger partial charge in [0.05, 0.1) is 0 Å². The number of nitrogens with two attached hydrogens (primary N) is 1. The van der Waals surface area contributed by atoms with Crippen molar-refractivity contribution in [3.8, 4) is 0 Å². The molecule has 0 aliphatic heterocycles. The number of fused-ring (bicyclic) bond motifs is 1. The lowest BCUT2D eigenvalue weighted by molar-refractivity contribution is 0.0930. The van der Waals surface area contributed by atoms with Crippen molar-refractivity contribution in [3.05, 3.63) is 36.0 Å². The maximum absolute atomic E-state index is 12.2. The summed E-state index contributed by atoms with van der Waals surface area (Å²) in [5.41, 5.74) is 2.93. The standard InChI is InChI=1S/C15H20N4O/c1-3-11(4-2)17-15(20)13-9-10-7-5-6-8-12(10)14(18-13)19-16/h5-9,11H,3-4,16H2,1-2H3,(H,17,20)(H,18,19). The van der Waals surface area contributed by atoms with Crippen molar-refractivity contribution in [2.24, 2.45) is 5.84 Å². The van der Waals surface area contributed by atoms with Crippen molar-refractivity contribution in [3.63, 3.8) is 0 Å². The first-order chi connectivity index (χ1) is 9.69. The van der Waals surface area contributed by atoms with Gasteiger partial charge in [-0.25, -0.2) is 10.8 Å². The van der Waals surface area contributed by atoms with Crippen LogP contribution in [0, 0.1) is 0 Å². The molecule has 5 heteroatoms. The highest BCUT2D eigenvalue weighted by molar-refractivity contribution is 6.00. The molecule has 1 aromatic carbocycles. The Morgan fingerprint density at radius 3 is 2.65 bits per heavy atom. The van der Waals surface area contributed by atoms with E-state index in [-0.39, 0.29) is 11.9 Å². The van der Waals surface area contributed by atoms with Crippen molar-refractivity contribution in [1.29, 1.82) is 0 Å². The third kappa shape index (κ3) is 2.88. The lowest BCUT2D eigenvalue weighted by Gasteiger charge is -2.15. The number of aromatic nitrogens is 1. The molecule has 1 amide bonds. The van der Waals surface area contributed by atoms with Gasteiger partial charge in [-0.1, -0.05) is 38.1 Å². The van der Waals surface area contributed by atoms with Gasteiger partial charge in [0, 0.05) is 11.4 Å². The molecule has 20 heavy (non-hydrogen) atoms. The molecule has 2 rings (SSSR count). The molecule has 0 atom stereocenters. The molecule has 106 valence electrons. The second kappa shape index (κ2) is 6.34. The van der Waals surface area contributed by atoms with Crippen LogP contribution >= 0.6 is 0 Å². The molecule has 0 saturated carbocycles. The normalized spacial score (nSPS) is 10.8. The minimum absolute atomic E-state index is 0.166. The van der Waals surface area contributed by atoms with Crippen molar-refractivity contribution >= 4 is 22.5 Å². The molecule has 5 nitrogen and oxygen atoms in total. The van der Waals surface area contributed by atoms with E-state index in [4.69, 9.17) is 5.84 Å². The zero-order valence-electron chi connectivity index (χ0n) is 11.8. The summed E-state index contributed by atoms with van der Waals surface area (Å²) in [4.78, 5) is 16.5. The molecular formula is C15H20N4O. The van der Waals surface area contributed by atoms with Crippen LogP contribution in [0.15, 0.2) is 30.3 Å². The van der Waals surface area contributed by atoms with Crippen molar-refractivity contribution in [2.75, 3.05) is 5.43 Å². The Kier molecular flexibility index (Phi) is 4.53. The highest BCUT2D eigenvalue weighted by Gasteiger charge is 2.14. The average molecular weight is 272 g/mol. The SMILES string of the molecule is CCC(CC)NC(=O)c1cc2ccccc2c(NN)n1. The summed E-state index contributed by atoms with van der Waals surface area (Å²) < 4.78 is 0. The van der Waals surface area contributed by atoms with Crippen LogP contribution in [0.3, 0.4) is 0 Å². The Morgan fingerprint density at radius 2 is 2.00 bits per heavy atom. The molecule has 0 unspecified atom stereocenters. The highest BCUT2D eigenvalue weighted by Crippen LogP contribution is 2.21. The van der Waals surface area contributed by atoms with Crippen LogP contribution in [0.1, 0.15) is 37.2 Å². The summed E-state index contributed by atoms with van der Waals surface area (Å²) in [5.74, 6) is 5.84. The topological polar surface area (TPSA) is 80.0 Å². The molecular weight excluding hydrogens is 252 g/mol. The van der Waals surface area contributed by atoms with Gasteiger partial charge in [0.2, 0.25) is 0 Å². The van der Waals surface area contributed by atoms with E-state index in [9.17, 15) is 4.79 Å². The predicted molar refractivity (Wildman–Crippen MR) is 81.4 cm³/mol. The van der Waals surface area contributed by atoms with E-state index in [1.165, 1.54) is 0 Å². The fraction of sp³-hybridized carbons (Fsp3) is 0.333. The molecule has 1 heterocycles. The maximum atomic E-state index is 12.2. The minimum Gasteiger partial charge on any atom is -0.348 e. The monoisotopic (exact) mass is 272 g/mol. The number of anilines is 1. The van der Waals surface area contributed by atoms with Gasteiger partial charge in [-0.05, 0) is 24.3 Å². The first-order valence-corrected chi connectivity index (χ1v) is 6.86. The number of pyridine rings is 1. The number of carbonyl (C=O) groups is 1. The maximum Gasteiger partial charge on any atom is 0.270 e. The molecule has 0 fully saturated rings. The van der Waals surface area contributed by atoms with Gasteiger partial charge in [-0.15, -0.1) is 0 Å². The number of nitrogens with one attached hydrogen (secondary N) is 2. The fourth-order valence-electron chi connectivity index (χ4n) is 2.18. The van der Waals surface area contributed by atoms with Crippen LogP contribution in [-0.4, -0.2) is 16.9 Å². The quantitative estimate of drug-likeness (QED) is 0.577. The van der Waals surface area contributed by atoms with Gasteiger partial charge in [0.1, 0.15) is 11.5 Å². The van der Waals surface area contributed by atoms with E-state index in [0.717, 1.165) is 23.6 Å². The van der Waals surface area contributed by atoms with E-state index in [0.29, 0.717) is 11.5 Å². The summed E-state index contributed by atoms with van der Waals surface area (Å²) in [5, 5.41) is 4.81. The third-order valence-corrected chi connectivity index (χ3v) is 3.43. The lowest BCUT2D eigenvalue weighted by Crippen LogP contribution is -2.34. The Labute approximate surface area is 118 Å². The summed E-state index contributed by atoms with van der Waals surface area (Å²) in [6.45, 7) is 4.10. The Bertz CT molecular complexity index is 608. The van der Waals surface area contributed by atoms with Crippen LogP contribution in [0.25, 0.3) is 10.8 Å². The van der Waals surface area contributed by atoms with Crippen molar-refractivity contribution in [2.45, 2.75) is 32.7 Å². The summed E-state index contributed by atoms with van der Waals surface area (Å²) in [7, 11) is 0. The van der Waals surface area contributed by atoms with Gasteiger partial charge >= 0.3 is 0 Å². The first kappa shape index (κ1) is 14.3. The number of rotatable bonds is 5. The predicted octanol–water partition coefficient (Wildman–Crippen LogP) is 2.44. The largest absolute Gasteiger partial charge is 0.348 e. The lowest BCUT2D eigenvalue weighted by atomic mass is 10.1. The van der Waals surface area contributed by atoms with E-state index in [2.05, 4.69) is 29.6 Å². The van der Waals surface area contributed by atoms with Gasteiger partial charge < -0.3 is 10.7 Å². The second-order valence-corrected chi connectivity index (χ2v) is 4.71. The minimum atomic E-state index is -0.166. The van der Waals surface area contributed by atoms with Crippen LogP contribution in [-0.2, 0) is 0 Å². The van der Waals surface area contributed by atoms with Gasteiger partial charge in [0.15, 0.2) is 0 Å². The molecule has 4 N–H and O–H groups in total. The Hall–Kier alpha value is -2.14. The number of hydrogen-bond donors (Lipinski definition) is 3. The van der Waals surface area contributed by atoms with Gasteiger partial charge in [0.25, 0.3) is 5.91 Å². The fourth-order valence-corrected chi connectivity index (χ4v) is 2.18. The molecule has 0 aliphatic carbocycles. The molecule has 0 saturated heterocycles. The number of hydrazine groups is 1.